The molecule has 6 heteroatoms. The lowest BCUT2D eigenvalue weighted by Gasteiger charge is -2.13. The largest absolute Gasteiger partial charge is 0.285 e. The molecule has 0 radical (unpaired) electrons. The zero-order chi connectivity index (χ0) is 31.4. The lowest BCUT2D eigenvalue weighted by Crippen LogP contribution is -2.02. The molecule has 5 aromatic rings. The minimum absolute atomic E-state index is 0.577. The molecular weight excluding hydrogens is 552 g/mol. The van der Waals surface area contributed by atoms with Gasteiger partial charge in [-0.2, -0.15) is 0 Å². The van der Waals surface area contributed by atoms with Crippen molar-refractivity contribution in [2.75, 3.05) is 6.54 Å². The maximum atomic E-state index is 4.92. The molecule has 0 aliphatic heterocycles. The number of allylic oxidation sites excluding steroid dienone is 4. The highest BCUT2D eigenvalue weighted by atomic mass is 14.8. The molecule has 3 heterocycles. The first-order valence-corrected chi connectivity index (χ1v) is 14.7. The summed E-state index contributed by atoms with van der Waals surface area (Å²) in [5.41, 5.74) is 10.3. The Hall–Kier alpha value is -5.88. The van der Waals surface area contributed by atoms with Crippen molar-refractivity contribution in [2.24, 2.45) is 15.0 Å². The van der Waals surface area contributed by atoms with Gasteiger partial charge in [0.25, 0.3) is 0 Å². The first-order chi connectivity index (χ1) is 22.1. The maximum absolute atomic E-state index is 4.92. The third kappa shape index (κ3) is 7.56. The first kappa shape index (κ1) is 30.6. The molecule has 0 aliphatic carbocycles. The average Bonchev–Trinajstić information content (AvgIpc) is 3.11. The third-order valence-corrected chi connectivity index (χ3v) is 7.02. The summed E-state index contributed by atoms with van der Waals surface area (Å²) in [5.74, 6) is 0. The Balaban J connectivity index is 1.69. The van der Waals surface area contributed by atoms with Gasteiger partial charge < -0.3 is 0 Å². The Morgan fingerprint density at radius 1 is 0.644 bits per heavy atom. The van der Waals surface area contributed by atoms with Gasteiger partial charge >= 0.3 is 0 Å². The van der Waals surface area contributed by atoms with Crippen LogP contribution in [0.4, 0.5) is 0 Å². The summed E-state index contributed by atoms with van der Waals surface area (Å²) in [6, 6.07) is 30.1. The summed E-state index contributed by atoms with van der Waals surface area (Å²) < 4.78 is 0. The van der Waals surface area contributed by atoms with Crippen molar-refractivity contribution in [1.82, 2.24) is 15.0 Å². The number of benzene rings is 2. The molecule has 0 aliphatic rings. The number of aromatic nitrogens is 3. The van der Waals surface area contributed by atoms with Crippen LogP contribution in [0.3, 0.4) is 0 Å². The van der Waals surface area contributed by atoms with Crippen molar-refractivity contribution in [3.8, 4) is 33.8 Å². The topological polar surface area (TPSA) is 75.8 Å². The highest BCUT2D eigenvalue weighted by Gasteiger charge is 2.14. The smallest absolute Gasteiger partial charge is 0.0716 e. The van der Waals surface area contributed by atoms with E-state index in [0.717, 1.165) is 61.9 Å². The lowest BCUT2D eigenvalue weighted by molar-refractivity contribution is 1.13. The fourth-order valence-electron chi connectivity index (χ4n) is 4.91. The predicted molar refractivity (Wildman–Crippen MR) is 190 cm³/mol. The Labute approximate surface area is 264 Å². The van der Waals surface area contributed by atoms with Crippen LogP contribution in [0.1, 0.15) is 30.5 Å². The number of hydrogen-bond donors (Lipinski definition) is 0. The van der Waals surface area contributed by atoms with Gasteiger partial charge in [-0.1, -0.05) is 30.4 Å². The van der Waals surface area contributed by atoms with E-state index >= 15 is 0 Å². The summed E-state index contributed by atoms with van der Waals surface area (Å²) in [5, 5.41) is 0. The standard InChI is InChI=1S/C39H34N6/c1-5-7-14-34(40-3)28-21-29(35-15-8-11-18-43-35)26-33(22-28)39(42-6-2)27-38(41-4)32-24-30(36-16-9-12-19-44-36)23-31(25-32)37-17-10-13-20-45-37/h5,7-27H,3-4,6H2,1-2H3/b7-5-,34-14-,38-27-,42-39+. The van der Waals surface area contributed by atoms with Gasteiger partial charge in [0.15, 0.2) is 0 Å². The number of rotatable bonds is 11. The minimum atomic E-state index is 0.577. The molecule has 6 nitrogen and oxygen atoms in total. The molecule has 0 atom stereocenters. The Morgan fingerprint density at radius 3 is 1.58 bits per heavy atom. The van der Waals surface area contributed by atoms with E-state index in [9.17, 15) is 0 Å². The van der Waals surface area contributed by atoms with E-state index < -0.39 is 0 Å². The quantitative estimate of drug-likeness (QED) is 0.114. The molecule has 5 rings (SSSR count). The van der Waals surface area contributed by atoms with Gasteiger partial charge in [-0.25, -0.2) is 0 Å². The molecule has 0 bridgehead atoms. The number of aliphatic imine (C=N–C) groups is 3. The average molecular weight is 587 g/mol. The molecule has 0 saturated heterocycles. The van der Waals surface area contributed by atoms with Crippen molar-refractivity contribution in [1.29, 1.82) is 0 Å². The van der Waals surface area contributed by atoms with Crippen LogP contribution in [0, 0.1) is 0 Å². The number of pyridine rings is 3. The predicted octanol–water partition coefficient (Wildman–Crippen LogP) is 9.04. The van der Waals surface area contributed by atoms with E-state index in [1.165, 1.54) is 0 Å². The van der Waals surface area contributed by atoms with E-state index in [4.69, 9.17) is 4.99 Å². The zero-order valence-corrected chi connectivity index (χ0v) is 25.5. The Kier molecular flexibility index (Phi) is 10.2. The fraction of sp³-hybridized carbons (Fsp3) is 0.0769. The monoisotopic (exact) mass is 586 g/mol. The summed E-state index contributed by atoms with van der Waals surface area (Å²) in [4.78, 5) is 27.6. The van der Waals surface area contributed by atoms with Crippen LogP contribution in [0.2, 0.25) is 0 Å². The summed E-state index contributed by atoms with van der Waals surface area (Å²) in [6.07, 6.45) is 13.2. The highest BCUT2D eigenvalue weighted by Crippen LogP contribution is 2.31. The van der Waals surface area contributed by atoms with Gasteiger partial charge in [0.1, 0.15) is 0 Å². The van der Waals surface area contributed by atoms with Gasteiger partial charge in [0, 0.05) is 58.5 Å². The fourth-order valence-corrected chi connectivity index (χ4v) is 4.91. The van der Waals surface area contributed by atoms with E-state index in [1.54, 1.807) is 18.6 Å². The van der Waals surface area contributed by atoms with E-state index in [0.29, 0.717) is 12.2 Å². The Bertz CT molecular complexity index is 1850. The van der Waals surface area contributed by atoms with Gasteiger partial charge in [-0.3, -0.25) is 29.9 Å². The minimum Gasteiger partial charge on any atom is -0.285 e. The molecular formula is C39H34N6. The van der Waals surface area contributed by atoms with Crippen molar-refractivity contribution >= 4 is 30.5 Å². The van der Waals surface area contributed by atoms with Crippen molar-refractivity contribution < 1.29 is 0 Å². The van der Waals surface area contributed by atoms with Crippen LogP contribution in [0.15, 0.2) is 149 Å². The first-order valence-electron chi connectivity index (χ1n) is 14.7. The summed E-state index contributed by atoms with van der Waals surface area (Å²) in [6.45, 7) is 12.3. The second-order valence-corrected chi connectivity index (χ2v) is 10.0. The molecule has 0 unspecified atom stereocenters. The van der Waals surface area contributed by atoms with Crippen molar-refractivity contribution in [3.05, 3.63) is 151 Å². The van der Waals surface area contributed by atoms with Crippen LogP contribution in [0.25, 0.3) is 45.2 Å². The number of hydrogen-bond acceptors (Lipinski definition) is 6. The van der Waals surface area contributed by atoms with Crippen LogP contribution >= 0.6 is 0 Å². The van der Waals surface area contributed by atoms with Gasteiger partial charge in [0.05, 0.1) is 34.2 Å². The highest BCUT2D eigenvalue weighted by molar-refractivity contribution is 6.13. The molecule has 0 fully saturated rings. The van der Waals surface area contributed by atoms with Crippen molar-refractivity contribution in [2.45, 2.75) is 13.8 Å². The second kappa shape index (κ2) is 15.0. The maximum Gasteiger partial charge on any atom is 0.0716 e. The molecule has 0 spiro atoms. The summed E-state index contributed by atoms with van der Waals surface area (Å²) >= 11 is 0. The van der Waals surface area contributed by atoms with Crippen LogP contribution in [0.5, 0.6) is 0 Å². The summed E-state index contributed by atoms with van der Waals surface area (Å²) in [7, 11) is 0. The molecule has 0 saturated carbocycles. The van der Waals surface area contributed by atoms with Gasteiger partial charge in [-0.15, -0.1) is 0 Å². The van der Waals surface area contributed by atoms with E-state index in [2.05, 4.69) is 74.8 Å². The van der Waals surface area contributed by atoms with Crippen LogP contribution < -0.4 is 0 Å². The normalized spacial score (nSPS) is 12.4. The van der Waals surface area contributed by atoms with Crippen LogP contribution in [-0.4, -0.2) is 40.6 Å². The second-order valence-electron chi connectivity index (χ2n) is 10.0. The third-order valence-electron chi connectivity index (χ3n) is 7.02. The molecule has 2 aromatic carbocycles. The molecule has 45 heavy (non-hydrogen) atoms. The zero-order valence-electron chi connectivity index (χ0n) is 25.5. The Morgan fingerprint density at radius 2 is 1.13 bits per heavy atom. The number of nitrogens with zero attached hydrogens (tertiary/aromatic N) is 6. The van der Waals surface area contributed by atoms with E-state index in [-0.39, 0.29) is 0 Å². The molecule has 0 amide bonds. The molecule has 3 aromatic heterocycles. The van der Waals surface area contributed by atoms with E-state index in [1.807, 2.05) is 92.7 Å². The van der Waals surface area contributed by atoms with Gasteiger partial charge in [0.2, 0.25) is 0 Å². The van der Waals surface area contributed by atoms with Crippen LogP contribution in [-0.2, 0) is 0 Å². The molecule has 220 valence electrons. The lowest BCUT2D eigenvalue weighted by atomic mass is 9.96. The molecule has 0 N–H and O–H groups in total. The van der Waals surface area contributed by atoms with Gasteiger partial charge in [-0.05, 0) is 112 Å². The van der Waals surface area contributed by atoms with Crippen molar-refractivity contribution in [3.63, 3.8) is 0 Å². The SMILES string of the molecule is C=N/C(=C\C=C/C)c1cc(C(/C=C(\N=C)c2cc(-c3ccccn3)cc(-c3ccccn3)c2)=N/CC)cc(-c2ccccn2)c1.